The van der Waals surface area contributed by atoms with Crippen molar-refractivity contribution in [2.24, 2.45) is 0 Å². The number of hydrogen-bond acceptors (Lipinski definition) is 3. The van der Waals surface area contributed by atoms with Gasteiger partial charge in [0.2, 0.25) is 0 Å². The summed E-state index contributed by atoms with van der Waals surface area (Å²) in [7, 11) is 2.24. The molecule has 0 aromatic heterocycles. The van der Waals surface area contributed by atoms with Crippen molar-refractivity contribution in [2.75, 3.05) is 38.1 Å². The Morgan fingerprint density at radius 3 is 2.35 bits per heavy atom. The Labute approximate surface area is 124 Å². The molecule has 0 spiro atoms. The maximum absolute atomic E-state index is 3.37. The normalized spacial score (nSPS) is 17.4. The van der Waals surface area contributed by atoms with Gasteiger partial charge in [0.05, 0.1) is 0 Å². The molecule has 2 rings (SSSR count). The molecule has 0 amide bonds. The van der Waals surface area contributed by atoms with Crippen molar-refractivity contribution in [1.29, 1.82) is 0 Å². The number of nitrogens with zero attached hydrogens (tertiary/aromatic N) is 2. The summed E-state index contributed by atoms with van der Waals surface area (Å²) in [4.78, 5) is 5.01. The molecule has 1 aliphatic rings. The van der Waals surface area contributed by atoms with Gasteiger partial charge in [-0.1, -0.05) is 26.0 Å². The fraction of sp³-hybridized carbons (Fsp3) is 0.647. The molecule has 0 bridgehead atoms. The topological polar surface area (TPSA) is 18.5 Å². The van der Waals surface area contributed by atoms with Crippen molar-refractivity contribution < 1.29 is 0 Å². The number of benzene rings is 1. The summed E-state index contributed by atoms with van der Waals surface area (Å²) in [6, 6.07) is 9.71. The summed E-state index contributed by atoms with van der Waals surface area (Å²) in [5, 5.41) is 3.37. The molecule has 1 saturated heterocycles. The molecule has 1 N–H and O–H groups in total. The zero-order valence-electron chi connectivity index (χ0n) is 13.2. The molecule has 1 aromatic rings. The van der Waals surface area contributed by atoms with Gasteiger partial charge in [-0.25, -0.2) is 0 Å². The molecule has 0 atom stereocenters. The molecule has 3 nitrogen and oxygen atoms in total. The van der Waals surface area contributed by atoms with E-state index in [1.54, 1.807) is 0 Å². The quantitative estimate of drug-likeness (QED) is 0.861. The summed E-state index contributed by atoms with van der Waals surface area (Å²) >= 11 is 0. The lowest BCUT2D eigenvalue weighted by Crippen LogP contribution is -2.43. The molecule has 0 unspecified atom stereocenters. The van der Waals surface area contributed by atoms with Crippen LogP contribution in [0.2, 0.25) is 0 Å². The van der Waals surface area contributed by atoms with Crippen LogP contribution in [-0.4, -0.2) is 44.2 Å². The minimum Gasteiger partial charge on any atom is -0.372 e. The SMILES string of the molecule is CCNCc1ccc(N(C)C2CCN(CC)CC2)cc1. The van der Waals surface area contributed by atoms with E-state index in [1.807, 2.05) is 0 Å². The first-order valence-electron chi connectivity index (χ1n) is 7.99. The van der Waals surface area contributed by atoms with Crippen molar-refractivity contribution in [2.45, 2.75) is 39.3 Å². The Balaban J connectivity index is 1.90. The summed E-state index contributed by atoms with van der Waals surface area (Å²) in [5.41, 5.74) is 2.71. The predicted octanol–water partition coefficient (Wildman–Crippen LogP) is 2.72. The maximum atomic E-state index is 3.37. The van der Waals surface area contributed by atoms with Crippen molar-refractivity contribution in [1.82, 2.24) is 10.2 Å². The number of hydrogen-bond donors (Lipinski definition) is 1. The number of rotatable bonds is 6. The van der Waals surface area contributed by atoms with E-state index in [0.717, 1.165) is 13.1 Å². The summed E-state index contributed by atoms with van der Waals surface area (Å²) < 4.78 is 0. The number of anilines is 1. The van der Waals surface area contributed by atoms with Crippen LogP contribution < -0.4 is 10.2 Å². The van der Waals surface area contributed by atoms with Crippen LogP contribution >= 0.6 is 0 Å². The van der Waals surface area contributed by atoms with Crippen LogP contribution in [0, 0.1) is 0 Å². The molecule has 0 aliphatic carbocycles. The van der Waals surface area contributed by atoms with Crippen molar-refractivity contribution in [3.63, 3.8) is 0 Å². The van der Waals surface area contributed by atoms with E-state index in [0.29, 0.717) is 6.04 Å². The number of likely N-dealkylation sites (tertiary alicyclic amines) is 1. The van der Waals surface area contributed by atoms with Gasteiger partial charge < -0.3 is 15.1 Å². The molecule has 1 aromatic carbocycles. The lowest BCUT2D eigenvalue weighted by molar-refractivity contribution is 0.221. The smallest absolute Gasteiger partial charge is 0.0366 e. The highest BCUT2D eigenvalue weighted by molar-refractivity contribution is 5.48. The molecule has 1 aliphatic heterocycles. The highest BCUT2D eigenvalue weighted by atomic mass is 15.2. The van der Waals surface area contributed by atoms with Gasteiger partial charge in [0, 0.05) is 38.4 Å². The van der Waals surface area contributed by atoms with E-state index in [1.165, 1.54) is 43.7 Å². The Bertz CT molecular complexity index is 380. The fourth-order valence-electron chi connectivity index (χ4n) is 2.95. The zero-order valence-corrected chi connectivity index (χ0v) is 13.2. The van der Waals surface area contributed by atoms with Crippen LogP contribution in [0.15, 0.2) is 24.3 Å². The molecular weight excluding hydrogens is 246 g/mol. The van der Waals surface area contributed by atoms with E-state index in [4.69, 9.17) is 0 Å². The summed E-state index contributed by atoms with van der Waals surface area (Å²) in [5.74, 6) is 0. The third-order valence-corrected chi connectivity index (χ3v) is 4.47. The first-order valence-corrected chi connectivity index (χ1v) is 7.99. The summed E-state index contributed by atoms with van der Waals surface area (Å²) in [6.45, 7) is 10.1. The Morgan fingerprint density at radius 1 is 1.15 bits per heavy atom. The lowest BCUT2D eigenvalue weighted by Gasteiger charge is -2.37. The summed E-state index contributed by atoms with van der Waals surface area (Å²) in [6.07, 6.45) is 2.56. The lowest BCUT2D eigenvalue weighted by atomic mass is 10.0. The van der Waals surface area contributed by atoms with Crippen LogP contribution in [0.4, 0.5) is 5.69 Å². The average molecular weight is 275 g/mol. The molecule has 1 heterocycles. The van der Waals surface area contributed by atoms with E-state index >= 15 is 0 Å². The fourth-order valence-corrected chi connectivity index (χ4v) is 2.95. The Morgan fingerprint density at radius 2 is 1.80 bits per heavy atom. The largest absolute Gasteiger partial charge is 0.372 e. The Kier molecular flexibility index (Phi) is 5.86. The van der Waals surface area contributed by atoms with Gasteiger partial charge in [0.15, 0.2) is 0 Å². The second-order valence-corrected chi connectivity index (χ2v) is 5.72. The molecule has 3 heteroatoms. The van der Waals surface area contributed by atoms with Gasteiger partial charge in [-0.2, -0.15) is 0 Å². The molecule has 20 heavy (non-hydrogen) atoms. The van der Waals surface area contributed by atoms with E-state index in [-0.39, 0.29) is 0 Å². The van der Waals surface area contributed by atoms with Crippen molar-refractivity contribution in [3.05, 3.63) is 29.8 Å². The van der Waals surface area contributed by atoms with E-state index in [2.05, 4.69) is 60.3 Å². The highest BCUT2D eigenvalue weighted by Gasteiger charge is 2.21. The van der Waals surface area contributed by atoms with Crippen LogP contribution in [0.3, 0.4) is 0 Å². The molecule has 0 radical (unpaired) electrons. The Hall–Kier alpha value is -1.06. The third kappa shape index (κ3) is 3.97. The van der Waals surface area contributed by atoms with Gasteiger partial charge >= 0.3 is 0 Å². The monoisotopic (exact) mass is 275 g/mol. The van der Waals surface area contributed by atoms with E-state index in [9.17, 15) is 0 Å². The van der Waals surface area contributed by atoms with Crippen molar-refractivity contribution in [3.8, 4) is 0 Å². The molecule has 1 fully saturated rings. The van der Waals surface area contributed by atoms with E-state index < -0.39 is 0 Å². The molecule has 112 valence electrons. The molecule has 0 saturated carbocycles. The van der Waals surface area contributed by atoms with Crippen LogP contribution in [0.5, 0.6) is 0 Å². The van der Waals surface area contributed by atoms with Gasteiger partial charge in [0.1, 0.15) is 0 Å². The van der Waals surface area contributed by atoms with Gasteiger partial charge in [-0.05, 0) is 43.6 Å². The predicted molar refractivity (Wildman–Crippen MR) is 87.4 cm³/mol. The maximum Gasteiger partial charge on any atom is 0.0366 e. The second kappa shape index (κ2) is 7.65. The van der Waals surface area contributed by atoms with Crippen LogP contribution in [0.25, 0.3) is 0 Å². The van der Waals surface area contributed by atoms with Gasteiger partial charge in [0.25, 0.3) is 0 Å². The van der Waals surface area contributed by atoms with Gasteiger partial charge in [-0.3, -0.25) is 0 Å². The van der Waals surface area contributed by atoms with Gasteiger partial charge in [-0.15, -0.1) is 0 Å². The minimum atomic E-state index is 0.692. The van der Waals surface area contributed by atoms with Crippen LogP contribution in [-0.2, 0) is 6.54 Å². The van der Waals surface area contributed by atoms with Crippen LogP contribution in [0.1, 0.15) is 32.3 Å². The third-order valence-electron chi connectivity index (χ3n) is 4.47. The number of piperidine rings is 1. The number of nitrogens with one attached hydrogen (secondary N) is 1. The highest BCUT2D eigenvalue weighted by Crippen LogP contribution is 2.22. The zero-order chi connectivity index (χ0) is 14.4. The first-order chi connectivity index (χ1) is 9.74. The minimum absolute atomic E-state index is 0.692. The second-order valence-electron chi connectivity index (χ2n) is 5.72. The first kappa shape index (κ1) is 15.3. The standard InChI is InChI=1S/C17H29N3/c1-4-18-14-15-6-8-16(9-7-15)19(3)17-10-12-20(5-2)13-11-17/h6-9,17-18H,4-5,10-14H2,1-3H3. The molecular formula is C17H29N3. The van der Waals surface area contributed by atoms with Crippen molar-refractivity contribution >= 4 is 5.69 Å². The average Bonchev–Trinajstić information content (AvgIpc) is 2.53.